The monoisotopic (exact) mass is 284 g/mol. The Morgan fingerprint density at radius 1 is 1.29 bits per heavy atom. The normalized spacial score (nSPS) is 29.1. The fourth-order valence-electron chi connectivity index (χ4n) is 4.05. The molecular weight excluding hydrogens is 264 g/mol. The smallest absolute Gasteiger partial charge is 0.192 e. The zero-order valence-corrected chi connectivity index (χ0v) is 12.5. The summed E-state index contributed by atoms with van der Waals surface area (Å²) in [5, 5.41) is 0. The number of piperidine rings is 1. The molecule has 110 valence electrons. The predicted molar refractivity (Wildman–Crippen MR) is 80.4 cm³/mol. The van der Waals surface area contributed by atoms with Crippen LogP contribution in [0.15, 0.2) is 22.6 Å². The van der Waals surface area contributed by atoms with Gasteiger partial charge in [0.05, 0.1) is 0 Å². The van der Waals surface area contributed by atoms with Crippen molar-refractivity contribution in [2.24, 2.45) is 5.92 Å². The first-order valence-corrected chi connectivity index (χ1v) is 7.75. The SMILES string of the molecule is Cc1nc2ccc(C(=O)C3CC4CCC(C3)N4C)cc2o1. The Hall–Kier alpha value is -1.68. The third kappa shape index (κ3) is 2.09. The van der Waals surface area contributed by atoms with Gasteiger partial charge < -0.3 is 9.32 Å². The Kier molecular flexibility index (Phi) is 2.89. The number of oxazole rings is 1. The van der Waals surface area contributed by atoms with E-state index in [2.05, 4.69) is 16.9 Å². The van der Waals surface area contributed by atoms with Gasteiger partial charge in [-0.1, -0.05) is 0 Å². The van der Waals surface area contributed by atoms with Crippen molar-refractivity contribution in [1.29, 1.82) is 0 Å². The Balaban J connectivity index is 1.61. The number of fused-ring (bicyclic) bond motifs is 3. The van der Waals surface area contributed by atoms with E-state index in [4.69, 9.17) is 4.42 Å². The van der Waals surface area contributed by atoms with Gasteiger partial charge in [0.25, 0.3) is 0 Å². The molecule has 0 N–H and O–H groups in total. The molecule has 0 spiro atoms. The molecule has 2 aromatic rings. The van der Waals surface area contributed by atoms with Crippen LogP contribution in [0, 0.1) is 12.8 Å². The fourth-order valence-corrected chi connectivity index (χ4v) is 4.05. The lowest BCUT2D eigenvalue weighted by Gasteiger charge is -2.35. The quantitative estimate of drug-likeness (QED) is 0.795. The largest absolute Gasteiger partial charge is 0.441 e. The first kappa shape index (κ1) is 13.0. The van der Waals surface area contributed by atoms with Crippen LogP contribution in [0.2, 0.25) is 0 Å². The minimum absolute atomic E-state index is 0.167. The van der Waals surface area contributed by atoms with E-state index < -0.39 is 0 Å². The molecule has 2 fully saturated rings. The lowest BCUT2D eigenvalue weighted by molar-refractivity contribution is 0.0767. The zero-order chi connectivity index (χ0) is 14.6. The number of carbonyl (C=O) groups is 1. The third-order valence-corrected chi connectivity index (χ3v) is 5.25. The summed E-state index contributed by atoms with van der Waals surface area (Å²) in [5.74, 6) is 1.09. The molecule has 4 rings (SSSR count). The number of nitrogens with zero attached hydrogens (tertiary/aromatic N) is 2. The van der Waals surface area contributed by atoms with Gasteiger partial charge in [-0.05, 0) is 50.9 Å². The number of aromatic nitrogens is 1. The fraction of sp³-hybridized carbons (Fsp3) is 0.529. The molecule has 2 atom stereocenters. The highest BCUT2D eigenvalue weighted by atomic mass is 16.3. The topological polar surface area (TPSA) is 46.3 Å². The highest BCUT2D eigenvalue weighted by Gasteiger charge is 2.40. The van der Waals surface area contributed by atoms with Crippen LogP contribution in [0.5, 0.6) is 0 Å². The van der Waals surface area contributed by atoms with Crippen LogP contribution >= 0.6 is 0 Å². The van der Waals surface area contributed by atoms with E-state index in [1.165, 1.54) is 12.8 Å². The summed E-state index contributed by atoms with van der Waals surface area (Å²) in [5.41, 5.74) is 2.31. The van der Waals surface area contributed by atoms with Crippen molar-refractivity contribution in [2.45, 2.75) is 44.7 Å². The third-order valence-electron chi connectivity index (χ3n) is 5.25. The number of rotatable bonds is 2. The maximum absolute atomic E-state index is 12.8. The number of Topliss-reactive ketones (excluding diaryl/α,β-unsaturated/α-hetero) is 1. The lowest BCUT2D eigenvalue weighted by atomic mass is 9.85. The van der Waals surface area contributed by atoms with Crippen molar-refractivity contribution >= 4 is 16.9 Å². The van der Waals surface area contributed by atoms with Crippen LogP contribution in [0.25, 0.3) is 11.1 Å². The summed E-state index contributed by atoms with van der Waals surface area (Å²) in [6.45, 7) is 1.83. The number of hydrogen-bond acceptors (Lipinski definition) is 4. The second-order valence-corrected chi connectivity index (χ2v) is 6.50. The first-order chi connectivity index (χ1) is 10.1. The van der Waals surface area contributed by atoms with Crippen molar-refractivity contribution in [1.82, 2.24) is 9.88 Å². The number of hydrogen-bond donors (Lipinski definition) is 0. The minimum Gasteiger partial charge on any atom is -0.441 e. The maximum atomic E-state index is 12.8. The van der Waals surface area contributed by atoms with Gasteiger partial charge >= 0.3 is 0 Å². The molecule has 1 aromatic heterocycles. The van der Waals surface area contributed by atoms with Gasteiger partial charge in [-0.2, -0.15) is 0 Å². The van der Waals surface area contributed by atoms with Crippen LogP contribution in [-0.2, 0) is 0 Å². The first-order valence-electron chi connectivity index (χ1n) is 7.75. The highest BCUT2D eigenvalue weighted by Crippen LogP contribution is 2.38. The van der Waals surface area contributed by atoms with Gasteiger partial charge in [-0.15, -0.1) is 0 Å². The maximum Gasteiger partial charge on any atom is 0.192 e. The molecule has 4 nitrogen and oxygen atoms in total. The van der Waals surface area contributed by atoms with Crippen molar-refractivity contribution in [3.05, 3.63) is 29.7 Å². The molecule has 0 saturated carbocycles. The molecule has 1 aromatic carbocycles. The Morgan fingerprint density at radius 3 is 2.71 bits per heavy atom. The van der Waals surface area contributed by atoms with E-state index in [1.54, 1.807) is 0 Å². The molecule has 0 amide bonds. The van der Waals surface area contributed by atoms with E-state index in [0.717, 1.165) is 23.9 Å². The molecule has 0 radical (unpaired) electrons. The standard InChI is InChI=1S/C17H20N2O2/c1-10-18-15-6-3-11(9-16(15)21-10)17(20)12-7-13-4-5-14(8-12)19(13)2/h3,6,9,12-14H,4-5,7-8H2,1-2H3. The molecule has 2 saturated heterocycles. The van der Waals surface area contributed by atoms with Gasteiger partial charge in [0.2, 0.25) is 0 Å². The predicted octanol–water partition coefficient (Wildman–Crippen LogP) is 3.19. The van der Waals surface area contributed by atoms with Gasteiger partial charge in [-0.3, -0.25) is 4.79 Å². The van der Waals surface area contributed by atoms with E-state index in [-0.39, 0.29) is 11.7 Å². The molecule has 0 aliphatic carbocycles. The van der Waals surface area contributed by atoms with E-state index in [0.29, 0.717) is 23.6 Å². The van der Waals surface area contributed by atoms with Crippen LogP contribution in [0.3, 0.4) is 0 Å². The van der Waals surface area contributed by atoms with Gasteiger partial charge in [0, 0.05) is 30.5 Å². The molecule has 3 heterocycles. The molecule has 21 heavy (non-hydrogen) atoms. The van der Waals surface area contributed by atoms with E-state index in [9.17, 15) is 4.79 Å². The molecular formula is C17H20N2O2. The van der Waals surface area contributed by atoms with Crippen molar-refractivity contribution in [3.8, 4) is 0 Å². The summed E-state index contributed by atoms with van der Waals surface area (Å²) in [6.07, 6.45) is 4.48. The summed E-state index contributed by atoms with van der Waals surface area (Å²) < 4.78 is 5.55. The summed E-state index contributed by atoms with van der Waals surface area (Å²) >= 11 is 0. The lowest BCUT2D eigenvalue weighted by Crippen LogP contribution is -2.42. The van der Waals surface area contributed by atoms with Crippen molar-refractivity contribution < 1.29 is 9.21 Å². The number of benzene rings is 1. The minimum atomic E-state index is 0.167. The average Bonchev–Trinajstić information content (AvgIpc) is 2.91. The zero-order valence-electron chi connectivity index (χ0n) is 12.5. The van der Waals surface area contributed by atoms with Crippen molar-refractivity contribution in [2.75, 3.05) is 7.05 Å². The summed E-state index contributed by atoms with van der Waals surface area (Å²) in [6, 6.07) is 6.83. The van der Waals surface area contributed by atoms with Gasteiger partial charge in [0.1, 0.15) is 5.52 Å². The van der Waals surface area contributed by atoms with Crippen molar-refractivity contribution in [3.63, 3.8) is 0 Å². The number of ketones is 1. The molecule has 2 bridgehead atoms. The van der Waals surface area contributed by atoms with E-state index >= 15 is 0 Å². The second-order valence-electron chi connectivity index (χ2n) is 6.50. The highest BCUT2D eigenvalue weighted by molar-refractivity contribution is 6.00. The number of carbonyl (C=O) groups excluding carboxylic acids is 1. The van der Waals surface area contributed by atoms with E-state index in [1.807, 2.05) is 25.1 Å². The molecule has 2 aliphatic heterocycles. The Labute approximate surface area is 124 Å². The van der Waals surface area contributed by atoms with Crippen LogP contribution < -0.4 is 0 Å². The molecule has 4 heteroatoms. The van der Waals surface area contributed by atoms with Gasteiger partial charge in [0.15, 0.2) is 17.3 Å². The van der Waals surface area contributed by atoms with Crippen LogP contribution in [0.1, 0.15) is 41.9 Å². The molecule has 2 unspecified atom stereocenters. The second kappa shape index (κ2) is 4.67. The van der Waals surface area contributed by atoms with Crippen LogP contribution in [0.4, 0.5) is 0 Å². The average molecular weight is 284 g/mol. The van der Waals surface area contributed by atoms with Gasteiger partial charge in [-0.25, -0.2) is 4.98 Å². The summed E-state index contributed by atoms with van der Waals surface area (Å²) in [7, 11) is 2.20. The number of aryl methyl sites for hydroxylation is 1. The molecule has 2 aliphatic rings. The Bertz CT molecular complexity index is 692. The Morgan fingerprint density at radius 2 is 2.00 bits per heavy atom. The summed E-state index contributed by atoms with van der Waals surface area (Å²) in [4.78, 5) is 19.5. The van der Waals surface area contributed by atoms with Crippen LogP contribution in [-0.4, -0.2) is 34.8 Å².